The Kier molecular flexibility index (Phi) is 4.90. The topological polar surface area (TPSA) is 62.0 Å². The third kappa shape index (κ3) is 3.66. The molecule has 0 fully saturated rings. The molecule has 0 amide bonds. The summed E-state index contributed by atoms with van der Waals surface area (Å²) in [5, 5.41) is 0.765. The smallest absolute Gasteiger partial charge is 0.240 e. The second-order valence-electron chi connectivity index (χ2n) is 7.10. The van der Waals surface area contributed by atoms with Crippen molar-refractivity contribution in [3.63, 3.8) is 0 Å². The molecule has 0 aliphatic rings. The minimum absolute atomic E-state index is 0.203. The third-order valence-corrected chi connectivity index (χ3v) is 6.14. The van der Waals surface area contributed by atoms with Crippen LogP contribution in [0.2, 0.25) is 0 Å². The van der Waals surface area contributed by atoms with Gasteiger partial charge in [0.05, 0.1) is 4.90 Å². The van der Waals surface area contributed by atoms with Gasteiger partial charge in [0.2, 0.25) is 10.0 Å². The molecule has 0 spiro atoms. The standard InChI is InChI=1S/C20H23FN2O2S/c1-4-14-5-8-16(9-6-14)26(24,25)23-13-20(2,3)18-12-22-19-10-7-15(21)11-17(18)19/h5-12,22-23H,4,13H2,1-3H3. The first-order valence-corrected chi connectivity index (χ1v) is 10.1. The van der Waals surface area contributed by atoms with Gasteiger partial charge < -0.3 is 4.98 Å². The number of aromatic amines is 1. The van der Waals surface area contributed by atoms with Crippen molar-refractivity contribution in [3.8, 4) is 0 Å². The van der Waals surface area contributed by atoms with Crippen LogP contribution in [0.3, 0.4) is 0 Å². The average Bonchev–Trinajstić information content (AvgIpc) is 3.04. The predicted octanol–water partition coefficient (Wildman–Crippen LogP) is 4.13. The molecule has 1 aromatic heterocycles. The molecule has 0 aliphatic heterocycles. The Morgan fingerprint density at radius 3 is 2.46 bits per heavy atom. The summed E-state index contributed by atoms with van der Waals surface area (Å²) in [7, 11) is -3.61. The fourth-order valence-corrected chi connectivity index (χ4v) is 4.22. The van der Waals surface area contributed by atoms with E-state index in [9.17, 15) is 12.8 Å². The van der Waals surface area contributed by atoms with E-state index in [1.807, 2.05) is 39.1 Å². The zero-order chi connectivity index (χ0) is 18.9. The molecule has 3 aromatic rings. The van der Waals surface area contributed by atoms with Crippen LogP contribution in [0.1, 0.15) is 31.9 Å². The lowest BCUT2D eigenvalue weighted by atomic mass is 9.85. The van der Waals surface area contributed by atoms with Crippen LogP contribution in [0.15, 0.2) is 53.6 Å². The second-order valence-corrected chi connectivity index (χ2v) is 8.87. The van der Waals surface area contributed by atoms with Gasteiger partial charge in [-0.2, -0.15) is 0 Å². The van der Waals surface area contributed by atoms with Gasteiger partial charge in [-0.25, -0.2) is 17.5 Å². The van der Waals surface area contributed by atoms with E-state index in [2.05, 4.69) is 9.71 Å². The van der Waals surface area contributed by atoms with Crippen LogP contribution in [0, 0.1) is 5.82 Å². The first-order valence-electron chi connectivity index (χ1n) is 8.59. The maximum Gasteiger partial charge on any atom is 0.240 e. The Bertz CT molecular complexity index is 1020. The van der Waals surface area contributed by atoms with Gasteiger partial charge in [0.15, 0.2) is 0 Å². The molecule has 0 unspecified atom stereocenters. The molecule has 4 nitrogen and oxygen atoms in total. The van der Waals surface area contributed by atoms with Crippen LogP contribution in [-0.4, -0.2) is 19.9 Å². The van der Waals surface area contributed by atoms with E-state index < -0.39 is 15.4 Å². The molecule has 3 rings (SSSR count). The van der Waals surface area contributed by atoms with Crippen LogP contribution in [0.25, 0.3) is 10.9 Å². The molecule has 0 aliphatic carbocycles. The van der Waals surface area contributed by atoms with Gasteiger partial charge in [-0.3, -0.25) is 0 Å². The lowest BCUT2D eigenvalue weighted by Gasteiger charge is -2.25. The molecule has 0 bridgehead atoms. The van der Waals surface area contributed by atoms with Gasteiger partial charge in [0.1, 0.15) is 5.82 Å². The zero-order valence-corrected chi connectivity index (χ0v) is 16.0. The Balaban J connectivity index is 1.83. The quantitative estimate of drug-likeness (QED) is 0.682. The molecule has 2 aromatic carbocycles. The van der Waals surface area contributed by atoms with E-state index in [1.54, 1.807) is 18.2 Å². The van der Waals surface area contributed by atoms with Crippen molar-refractivity contribution in [2.75, 3.05) is 6.54 Å². The van der Waals surface area contributed by atoms with Crippen molar-refractivity contribution < 1.29 is 12.8 Å². The van der Waals surface area contributed by atoms with Crippen molar-refractivity contribution in [2.24, 2.45) is 0 Å². The zero-order valence-electron chi connectivity index (χ0n) is 15.1. The molecule has 6 heteroatoms. The normalized spacial score (nSPS) is 12.6. The number of aryl methyl sites for hydroxylation is 1. The van der Waals surface area contributed by atoms with Gasteiger partial charge in [0, 0.05) is 29.1 Å². The molecule has 138 valence electrons. The van der Waals surface area contributed by atoms with E-state index in [4.69, 9.17) is 0 Å². The fraction of sp³-hybridized carbons (Fsp3) is 0.300. The number of H-pyrrole nitrogens is 1. The molecule has 2 N–H and O–H groups in total. The average molecular weight is 374 g/mol. The molecule has 1 heterocycles. The van der Waals surface area contributed by atoms with Crippen LogP contribution in [-0.2, 0) is 21.9 Å². The largest absolute Gasteiger partial charge is 0.361 e. The van der Waals surface area contributed by atoms with E-state index in [-0.39, 0.29) is 17.3 Å². The Morgan fingerprint density at radius 1 is 1.12 bits per heavy atom. The highest BCUT2D eigenvalue weighted by Gasteiger charge is 2.27. The molecule has 0 radical (unpaired) electrons. The van der Waals surface area contributed by atoms with Crippen molar-refractivity contribution in [1.29, 1.82) is 0 Å². The Hall–Kier alpha value is -2.18. The number of aromatic nitrogens is 1. The second kappa shape index (κ2) is 6.85. The van der Waals surface area contributed by atoms with Crippen LogP contribution in [0.4, 0.5) is 4.39 Å². The van der Waals surface area contributed by atoms with Crippen LogP contribution >= 0.6 is 0 Å². The summed E-state index contributed by atoms with van der Waals surface area (Å²) in [5.41, 5.74) is 2.27. The minimum atomic E-state index is -3.61. The summed E-state index contributed by atoms with van der Waals surface area (Å²) in [6.45, 7) is 6.09. The summed E-state index contributed by atoms with van der Waals surface area (Å²) in [5.74, 6) is -0.314. The predicted molar refractivity (Wildman–Crippen MR) is 102 cm³/mol. The first-order chi connectivity index (χ1) is 12.2. The van der Waals surface area contributed by atoms with Gasteiger partial charge in [-0.15, -0.1) is 0 Å². The maximum atomic E-state index is 13.6. The summed E-state index contributed by atoms with van der Waals surface area (Å²) in [6.07, 6.45) is 2.67. The summed E-state index contributed by atoms with van der Waals surface area (Å²) >= 11 is 0. The lowest BCUT2D eigenvalue weighted by molar-refractivity contribution is 0.504. The highest BCUT2D eigenvalue weighted by atomic mass is 32.2. The van der Waals surface area contributed by atoms with Gasteiger partial charge in [-0.05, 0) is 47.9 Å². The summed E-state index contributed by atoms with van der Waals surface area (Å²) in [4.78, 5) is 3.36. The van der Waals surface area contributed by atoms with Gasteiger partial charge in [0.25, 0.3) is 0 Å². The van der Waals surface area contributed by atoms with Gasteiger partial charge >= 0.3 is 0 Å². The fourth-order valence-electron chi connectivity index (χ4n) is 3.01. The van der Waals surface area contributed by atoms with Crippen molar-refractivity contribution in [3.05, 3.63) is 65.6 Å². The number of nitrogens with one attached hydrogen (secondary N) is 2. The number of halogens is 1. The van der Waals surface area contributed by atoms with Gasteiger partial charge in [-0.1, -0.05) is 32.9 Å². The lowest BCUT2D eigenvalue weighted by Crippen LogP contribution is -2.36. The first kappa shape index (κ1) is 18.6. The van der Waals surface area contributed by atoms with Crippen LogP contribution < -0.4 is 4.72 Å². The van der Waals surface area contributed by atoms with Crippen molar-refractivity contribution in [2.45, 2.75) is 37.5 Å². The minimum Gasteiger partial charge on any atom is -0.361 e. The number of sulfonamides is 1. The monoisotopic (exact) mass is 374 g/mol. The molecular weight excluding hydrogens is 351 g/mol. The van der Waals surface area contributed by atoms with E-state index in [1.165, 1.54) is 12.1 Å². The highest BCUT2D eigenvalue weighted by Crippen LogP contribution is 2.30. The number of benzene rings is 2. The molecular formula is C20H23FN2O2S. The number of hydrogen-bond donors (Lipinski definition) is 2. The highest BCUT2D eigenvalue weighted by molar-refractivity contribution is 7.89. The van der Waals surface area contributed by atoms with Crippen LogP contribution in [0.5, 0.6) is 0 Å². The summed E-state index contributed by atoms with van der Waals surface area (Å²) < 4.78 is 41.5. The van der Waals surface area contributed by atoms with E-state index >= 15 is 0 Å². The van der Waals surface area contributed by atoms with Crippen molar-refractivity contribution >= 4 is 20.9 Å². The number of hydrogen-bond acceptors (Lipinski definition) is 2. The maximum absolute atomic E-state index is 13.6. The third-order valence-electron chi connectivity index (χ3n) is 4.72. The number of rotatable bonds is 6. The van der Waals surface area contributed by atoms with E-state index in [0.29, 0.717) is 0 Å². The van der Waals surface area contributed by atoms with E-state index in [0.717, 1.165) is 28.5 Å². The summed E-state index contributed by atoms with van der Waals surface area (Å²) in [6, 6.07) is 11.4. The molecule has 0 saturated heterocycles. The molecule has 0 atom stereocenters. The molecule has 0 saturated carbocycles. The molecule has 26 heavy (non-hydrogen) atoms. The SMILES string of the molecule is CCc1ccc(S(=O)(=O)NCC(C)(C)c2c[nH]c3ccc(F)cc23)cc1. The van der Waals surface area contributed by atoms with Crippen molar-refractivity contribution in [1.82, 2.24) is 9.71 Å². The Morgan fingerprint density at radius 2 is 1.81 bits per heavy atom. The Labute approximate surface area is 153 Å². The number of fused-ring (bicyclic) bond motifs is 1.